The van der Waals surface area contributed by atoms with Crippen LogP contribution in [0.4, 0.5) is 10.6 Å². The second kappa shape index (κ2) is 9.54. The molecule has 1 amide bonds. The highest BCUT2D eigenvalue weighted by atomic mass is 28.4. The second-order valence-electron chi connectivity index (χ2n) is 12.0. The smallest absolute Gasteiger partial charge is 0.410 e. The summed E-state index contributed by atoms with van der Waals surface area (Å²) in [6.07, 6.45) is 3.25. The maximum absolute atomic E-state index is 12.4. The minimum absolute atomic E-state index is 0.188. The van der Waals surface area contributed by atoms with Crippen molar-refractivity contribution in [3.05, 3.63) is 23.9 Å². The Bertz CT molecular complexity index is 824. The number of hydrogen-bond donors (Lipinski definition) is 0. The van der Waals surface area contributed by atoms with E-state index in [0.29, 0.717) is 26.3 Å². The lowest BCUT2D eigenvalue weighted by atomic mass is 9.89. The summed E-state index contributed by atoms with van der Waals surface area (Å²) in [5, 5.41) is 0.188. The first-order chi connectivity index (χ1) is 15.2. The molecule has 8 heteroatoms. The van der Waals surface area contributed by atoms with Gasteiger partial charge in [-0.15, -0.1) is 0 Å². The lowest BCUT2D eigenvalue weighted by Gasteiger charge is -2.47. The van der Waals surface area contributed by atoms with E-state index in [0.717, 1.165) is 37.3 Å². The number of carbonyl (C=O) groups is 1. The summed E-state index contributed by atoms with van der Waals surface area (Å²) in [7, 11) is -1.80. The molecule has 3 heterocycles. The zero-order valence-corrected chi connectivity index (χ0v) is 22.9. The van der Waals surface area contributed by atoms with E-state index in [4.69, 9.17) is 13.9 Å². The average Bonchev–Trinajstić information content (AvgIpc) is 2.71. The van der Waals surface area contributed by atoms with Crippen molar-refractivity contribution in [2.45, 2.75) is 90.3 Å². The number of likely N-dealkylation sites (tertiary alicyclic amines) is 1. The molecular formula is C25H43N3O4Si. The van der Waals surface area contributed by atoms with Crippen LogP contribution in [-0.2, 0) is 20.5 Å². The molecule has 3 rings (SSSR count). The minimum atomic E-state index is -1.80. The van der Waals surface area contributed by atoms with E-state index in [-0.39, 0.29) is 16.7 Å². The van der Waals surface area contributed by atoms with Crippen LogP contribution in [0.3, 0.4) is 0 Å². The number of nitrogens with zero attached hydrogens (tertiary/aromatic N) is 3. The van der Waals surface area contributed by atoms with Crippen molar-refractivity contribution in [2.24, 2.45) is 0 Å². The van der Waals surface area contributed by atoms with Crippen molar-refractivity contribution < 1.29 is 18.7 Å². The summed E-state index contributed by atoms with van der Waals surface area (Å²) in [6, 6.07) is 4.20. The monoisotopic (exact) mass is 477 g/mol. The number of hydrogen-bond acceptors (Lipinski definition) is 6. The number of ether oxygens (including phenoxy) is 2. The molecule has 1 aromatic rings. The Balaban J connectivity index is 1.61. The molecule has 7 nitrogen and oxygen atoms in total. The number of aromatic nitrogens is 1. The van der Waals surface area contributed by atoms with Crippen LogP contribution in [0.1, 0.15) is 59.9 Å². The normalized spacial score (nSPS) is 19.6. The predicted molar refractivity (Wildman–Crippen MR) is 134 cm³/mol. The third-order valence-electron chi connectivity index (χ3n) is 7.11. The standard InChI is InChI=1S/C25H43N3O4Si/c1-23(2,3)32-22(29)27-13-10-25(11-14-27)19-28(15-16-30-25)21-17-20(9-12-26-21)18-31-33(7,8)24(4,5)6/h9,12,17H,10-11,13-16,18-19H2,1-8H3. The van der Waals surface area contributed by atoms with Crippen molar-refractivity contribution in [3.63, 3.8) is 0 Å². The summed E-state index contributed by atoms with van der Waals surface area (Å²) >= 11 is 0. The molecule has 0 unspecified atom stereocenters. The van der Waals surface area contributed by atoms with Crippen LogP contribution in [0.2, 0.25) is 18.1 Å². The highest BCUT2D eigenvalue weighted by Crippen LogP contribution is 2.37. The summed E-state index contributed by atoms with van der Waals surface area (Å²) in [5.74, 6) is 0.976. The van der Waals surface area contributed by atoms with Gasteiger partial charge in [0.2, 0.25) is 0 Å². The fourth-order valence-electron chi connectivity index (χ4n) is 3.97. The van der Waals surface area contributed by atoms with Crippen molar-refractivity contribution >= 4 is 20.2 Å². The largest absolute Gasteiger partial charge is 0.444 e. The van der Waals surface area contributed by atoms with Crippen LogP contribution in [0.5, 0.6) is 0 Å². The second-order valence-corrected chi connectivity index (χ2v) is 16.8. The van der Waals surface area contributed by atoms with Gasteiger partial charge >= 0.3 is 6.09 Å². The Morgan fingerprint density at radius 3 is 2.42 bits per heavy atom. The molecule has 33 heavy (non-hydrogen) atoms. The van der Waals surface area contributed by atoms with Gasteiger partial charge in [0, 0.05) is 32.4 Å². The summed E-state index contributed by atoms with van der Waals surface area (Å²) in [4.78, 5) is 21.2. The van der Waals surface area contributed by atoms with Gasteiger partial charge in [-0.3, -0.25) is 0 Å². The van der Waals surface area contributed by atoms with E-state index in [1.165, 1.54) is 0 Å². The lowest BCUT2D eigenvalue weighted by molar-refractivity contribution is -0.0913. The maximum Gasteiger partial charge on any atom is 0.410 e. The number of anilines is 1. The molecule has 0 N–H and O–H groups in total. The summed E-state index contributed by atoms with van der Waals surface area (Å²) in [5.41, 5.74) is 0.437. The Morgan fingerprint density at radius 2 is 1.82 bits per heavy atom. The number of rotatable bonds is 4. The zero-order chi connectivity index (χ0) is 24.5. The van der Waals surface area contributed by atoms with Gasteiger partial charge in [0.25, 0.3) is 0 Å². The van der Waals surface area contributed by atoms with Gasteiger partial charge < -0.3 is 23.7 Å². The Labute approximate surface area is 200 Å². The molecule has 1 spiro atoms. The third-order valence-corrected chi connectivity index (χ3v) is 11.6. The van der Waals surface area contributed by atoms with E-state index in [9.17, 15) is 4.79 Å². The highest BCUT2D eigenvalue weighted by molar-refractivity contribution is 6.74. The van der Waals surface area contributed by atoms with Crippen LogP contribution >= 0.6 is 0 Å². The SMILES string of the molecule is CC(C)(C)OC(=O)N1CCC2(CC1)CN(c1cc(CO[Si](C)(C)C(C)(C)C)ccn1)CCO2. The number of amides is 1. The number of carbonyl (C=O) groups excluding carboxylic acids is 1. The quantitative estimate of drug-likeness (QED) is 0.555. The van der Waals surface area contributed by atoms with Crippen LogP contribution in [0.25, 0.3) is 0 Å². The molecule has 0 bridgehead atoms. The molecule has 1 aromatic heterocycles. The Kier molecular flexibility index (Phi) is 7.51. The first kappa shape index (κ1) is 26.0. The van der Waals surface area contributed by atoms with Crippen molar-refractivity contribution in [1.29, 1.82) is 0 Å². The molecule has 2 saturated heterocycles. The first-order valence-corrected chi connectivity index (χ1v) is 15.1. The van der Waals surface area contributed by atoms with Crippen molar-refractivity contribution in [1.82, 2.24) is 9.88 Å². The zero-order valence-electron chi connectivity index (χ0n) is 21.9. The van der Waals surface area contributed by atoms with Gasteiger partial charge in [-0.25, -0.2) is 9.78 Å². The van der Waals surface area contributed by atoms with Gasteiger partial charge in [-0.2, -0.15) is 0 Å². The topological polar surface area (TPSA) is 64.1 Å². The molecular weight excluding hydrogens is 434 g/mol. The molecule has 0 radical (unpaired) electrons. The highest BCUT2D eigenvalue weighted by Gasteiger charge is 2.42. The Morgan fingerprint density at radius 1 is 1.15 bits per heavy atom. The fourth-order valence-corrected chi connectivity index (χ4v) is 4.93. The number of piperidine rings is 1. The predicted octanol–water partition coefficient (Wildman–Crippen LogP) is 5.21. The van der Waals surface area contributed by atoms with E-state index in [2.05, 4.69) is 49.8 Å². The van der Waals surface area contributed by atoms with Gasteiger partial charge in [0.1, 0.15) is 11.4 Å². The average molecular weight is 478 g/mol. The molecule has 186 valence electrons. The third kappa shape index (κ3) is 6.70. The van der Waals surface area contributed by atoms with E-state index in [1.54, 1.807) is 4.90 Å². The van der Waals surface area contributed by atoms with Crippen LogP contribution in [-0.4, -0.2) is 68.3 Å². The summed E-state index contributed by atoms with van der Waals surface area (Å²) in [6.45, 7) is 21.2. The molecule has 0 atom stereocenters. The molecule has 0 aliphatic carbocycles. The van der Waals surface area contributed by atoms with Gasteiger partial charge in [-0.05, 0) is 69.4 Å². The molecule has 0 saturated carbocycles. The van der Waals surface area contributed by atoms with Gasteiger partial charge in [0.15, 0.2) is 8.32 Å². The molecule has 0 aromatic carbocycles. The van der Waals surface area contributed by atoms with E-state index < -0.39 is 13.9 Å². The van der Waals surface area contributed by atoms with Crippen molar-refractivity contribution in [2.75, 3.05) is 37.7 Å². The maximum atomic E-state index is 12.4. The number of morpholine rings is 1. The van der Waals surface area contributed by atoms with E-state index in [1.807, 2.05) is 33.0 Å². The van der Waals surface area contributed by atoms with Crippen LogP contribution < -0.4 is 4.90 Å². The van der Waals surface area contributed by atoms with Crippen LogP contribution in [0, 0.1) is 0 Å². The van der Waals surface area contributed by atoms with E-state index >= 15 is 0 Å². The number of pyridine rings is 1. The van der Waals surface area contributed by atoms with Crippen molar-refractivity contribution in [3.8, 4) is 0 Å². The van der Waals surface area contributed by atoms with Crippen LogP contribution in [0.15, 0.2) is 18.3 Å². The van der Waals surface area contributed by atoms with Gasteiger partial charge in [-0.1, -0.05) is 20.8 Å². The molecule has 2 aliphatic heterocycles. The molecule has 2 fully saturated rings. The molecule has 2 aliphatic rings. The van der Waals surface area contributed by atoms with Gasteiger partial charge in [0.05, 0.1) is 18.8 Å². The Hall–Kier alpha value is -1.64. The first-order valence-electron chi connectivity index (χ1n) is 12.2. The lowest BCUT2D eigenvalue weighted by Crippen LogP contribution is -2.58. The minimum Gasteiger partial charge on any atom is -0.444 e. The summed E-state index contributed by atoms with van der Waals surface area (Å²) < 4.78 is 18.2. The fraction of sp³-hybridized carbons (Fsp3) is 0.760.